The maximum Gasteiger partial charge on any atom is 0.0283 e. The third-order valence-corrected chi connectivity index (χ3v) is 4.26. The van der Waals surface area contributed by atoms with Gasteiger partial charge in [0.2, 0.25) is 0 Å². The summed E-state index contributed by atoms with van der Waals surface area (Å²) in [7, 11) is 1.79. The molecule has 2 heteroatoms. The zero-order valence-corrected chi connectivity index (χ0v) is 14.7. The maximum absolute atomic E-state index is 4.09. The Bertz CT molecular complexity index is 629. The molecule has 1 aliphatic rings. The van der Waals surface area contributed by atoms with Gasteiger partial charge in [0.15, 0.2) is 0 Å². The van der Waals surface area contributed by atoms with E-state index in [1.165, 1.54) is 42.6 Å². The van der Waals surface area contributed by atoms with Crippen molar-refractivity contribution >= 4 is 11.8 Å². The first-order valence-corrected chi connectivity index (χ1v) is 8.38. The SMILES string of the molecule is C=C(C)/C(C=NC)=C\C=C(/C)c1cccc(CN2CCCC2)c1. The van der Waals surface area contributed by atoms with E-state index >= 15 is 0 Å². The summed E-state index contributed by atoms with van der Waals surface area (Å²) in [4.78, 5) is 6.63. The first kappa shape index (κ1) is 17.4. The molecule has 2 rings (SSSR count). The van der Waals surface area contributed by atoms with E-state index in [0.717, 1.165) is 17.7 Å². The lowest BCUT2D eigenvalue weighted by Crippen LogP contribution is -2.18. The minimum absolute atomic E-state index is 1.03. The van der Waals surface area contributed by atoms with Crippen LogP contribution in [0.15, 0.2) is 59.1 Å². The summed E-state index contributed by atoms with van der Waals surface area (Å²) >= 11 is 0. The van der Waals surface area contributed by atoms with Crippen molar-refractivity contribution in [1.82, 2.24) is 4.90 Å². The van der Waals surface area contributed by atoms with Crippen molar-refractivity contribution < 1.29 is 0 Å². The Morgan fingerprint density at radius 1 is 1.22 bits per heavy atom. The Labute approximate surface area is 140 Å². The highest BCUT2D eigenvalue weighted by Crippen LogP contribution is 2.19. The van der Waals surface area contributed by atoms with E-state index in [9.17, 15) is 0 Å². The molecule has 0 atom stereocenters. The van der Waals surface area contributed by atoms with E-state index in [-0.39, 0.29) is 0 Å². The van der Waals surface area contributed by atoms with E-state index in [1.807, 2.05) is 13.1 Å². The van der Waals surface area contributed by atoms with Gasteiger partial charge in [-0.05, 0) is 67.6 Å². The van der Waals surface area contributed by atoms with Crippen LogP contribution in [-0.4, -0.2) is 31.3 Å². The lowest BCUT2D eigenvalue weighted by Gasteiger charge is -2.15. The topological polar surface area (TPSA) is 15.6 Å². The summed E-state index contributed by atoms with van der Waals surface area (Å²) in [5.41, 5.74) is 6.04. The van der Waals surface area contributed by atoms with Crippen molar-refractivity contribution in [3.63, 3.8) is 0 Å². The van der Waals surface area contributed by atoms with Gasteiger partial charge in [-0.1, -0.05) is 43.0 Å². The third kappa shape index (κ3) is 5.33. The fourth-order valence-corrected chi connectivity index (χ4v) is 2.86. The number of likely N-dealkylation sites (tertiary alicyclic amines) is 1. The molecule has 0 bridgehead atoms. The molecular formula is C21H28N2. The maximum atomic E-state index is 4.09. The first-order chi connectivity index (χ1) is 11.1. The second-order valence-corrected chi connectivity index (χ2v) is 6.32. The van der Waals surface area contributed by atoms with Crippen LogP contribution in [0.4, 0.5) is 0 Å². The molecule has 1 fully saturated rings. The third-order valence-electron chi connectivity index (χ3n) is 4.26. The van der Waals surface area contributed by atoms with E-state index < -0.39 is 0 Å². The van der Waals surface area contributed by atoms with Crippen LogP contribution in [0, 0.1) is 0 Å². The number of hydrogen-bond acceptors (Lipinski definition) is 2. The molecule has 0 unspecified atom stereocenters. The van der Waals surface area contributed by atoms with E-state index in [4.69, 9.17) is 0 Å². The molecule has 1 saturated heterocycles. The van der Waals surface area contributed by atoms with Crippen LogP contribution in [0.1, 0.15) is 37.8 Å². The normalized spacial score (nSPS) is 17.2. The van der Waals surface area contributed by atoms with Crippen LogP contribution in [0.2, 0.25) is 0 Å². The van der Waals surface area contributed by atoms with E-state index in [1.54, 1.807) is 7.05 Å². The summed E-state index contributed by atoms with van der Waals surface area (Å²) in [6.07, 6.45) is 8.78. The Kier molecular flexibility index (Phi) is 6.54. The minimum Gasteiger partial charge on any atom is -0.299 e. The molecule has 0 spiro atoms. The Morgan fingerprint density at radius 2 is 1.96 bits per heavy atom. The van der Waals surface area contributed by atoms with Crippen molar-refractivity contribution in [2.75, 3.05) is 20.1 Å². The Hall–Kier alpha value is -1.93. The number of hydrogen-bond donors (Lipinski definition) is 0. The highest BCUT2D eigenvalue weighted by Gasteiger charge is 2.11. The summed E-state index contributed by atoms with van der Waals surface area (Å²) in [6.45, 7) is 11.7. The summed E-state index contributed by atoms with van der Waals surface area (Å²) in [5.74, 6) is 0. The van der Waals surface area contributed by atoms with Crippen LogP contribution in [-0.2, 0) is 6.54 Å². The van der Waals surface area contributed by atoms with Gasteiger partial charge in [0.05, 0.1) is 0 Å². The largest absolute Gasteiger partial charge is 0.299 e. The predicted molar refractivity (Wildman–Crippen MR) is 102 cm³/mol. The summed E-state index contributed by atoms with van der Waals surface area (Å²) in [5, 5.41) is 0. The monoisotopic (exact) mass is 308 g/mol. The zero-order valence-electron chi connectivity index (χ0n) is 14.7. The number of allylic oxidation sites excluding steroid dienone is 5. The van der Waals surface area contributed by atoms with Crippen LogP contribution >= 0.6 is 0 Å². The van der Waals surface area contributed by atoms with Crippen molar-refractivity contribution in [2.24, 2.45) is 4.99 Å². The molecule has 0 aliphatic carbocycles. The average molecular weight is 308 g/mol. The summed E-state index contributed by atoms with van der Waals surface area (Å²) in [6, 6.07) is 8.89. The molecule has 1 aromatic carbocycles. The van der Waals surface area contributed by atoms with E-state index in [0.29, 0.717) is 0 Å². The number of aliphatic imine (C=N–C) groups is 1. The highest BCUT2D eigenvalue weighted by molar-refractivity contribution is 5.85. The van der Waals surface area contributed by atoms with Gasteiger partial charge in [-0.2, -0.15) is 0 Å². The second-order valence-electron chi connectivity index (χ2n) is 6.32. The van der Waals surface area contributed by atoms with Crippen LogP contribution in [0.5, 0.6) is 0 Å². The molecule has 1 heterocycles. The quantitative estimate of drug-likeness (QED) is 0.540. The number of nitrogens with zero attached hydrogens (tertiary/aromatic N) is 2. The van der Waals surface area contributed by atoms with Crippen LogP contribution in [0.3, 0.4) is 0 Å². The lowest BCUT2D eigenvalue weighted by molar-refractivity contribution is 0.331. The zero-order chi connectivity index (χ0) is 16.7. The second kappa shape index (κ2) is 8.64. The minimum atomic E-state index is 1.03. The van der Waals surface area contributed by atoms with Gasteiger partial charge >= 0.3 is 0 Å². The Morgan fingerprint density at radius 3 is 2.61 bits per heavy atom. The van der Waals surface area contributed by atoms with Crippen molar-refractivity contribution in [3.05, 3.63) is 65.3 Å². The molecule has 0 radical (unpaired) electrons. The van der Waals surface area contributed by atoms with Crippen molar-refractivity contribution in [1.29, 1.82) is 0 Å². The smallest absolute Gasteiger partial charge is 0.0283 e. The molecule has 0 N–H and O–H groups in total. The standard InChI is InChI=1S/C21H28N2/c1-17(2)21(15-22-4)11-10-18(3)20-9-7-8-19(14-20)16-23-12-5-6-13-23/h7-11,14-15H,1,5-6,12-13,16H2,2-4H3/b18-10+,21-11-,22-15?. The molecule has 0 saturated carbocycles. The van der Waals surface area contributed by atoms with Gasteiger partial charge in [0.25, 0.3) is 0 Å². The molecule has 0 aromatic heterocycles. The lowest BCUT2D eigenvalue weighted by atomic mass is 10.0. The highest BCUT2D eigenvalue weighted by atomic mass is 15.1. The van der Waals surface area contributed by atoms with Crippen molar-refractivity contribution in [2.45, 2.75) is 33.2 Å². The van der Waals surface area contributed by atoms with E-state index in [2.05, 4.69) is 59.8 Å². The molecule has 2 nitrogen and oxygen atoms in total. The molecule has 0 amide bonds. The van der Waals surface area contributed by atoms with Crippen LogP contribution < -0.4 is 0 Å². The van der Waals surface area contributed by atoms with Gasteiger partial charge in [0, 0.05) is 19.8 Å². The molecule has 1 aliphatic heterocycles. The molecular weight excluding hydrogens is 280 g/mol. The van der Waals surface area contributed by atoms with Gasteiger partial charge in [0.1, 0.15) is 0 Å². The molecule has 23 heavy (non-hydrogen) atoms. The number of rotatable bonds is 6. The number of benzene rings is 1. The van der Waals surface area contributed by atoms with Gasteiger partial charge in [-0.15, -0.1) is 0 Å². The van der Waals surface area contributed by atoms with Crippen molar-refractivity contribution in [3.8, 4) is 0 Å². The van der Waals surface area contributed by atoms with Gasteiger partial charge in [-0.25, -0.2) is 0 Å². The first-order valence-electron chi connectivity index (χ1n) is 8.38. The predicted octanol–water partition coefficient (Wildman–Crippen LogP) is 4.89. The summed E-state index contributed by atoms with van der Waals surface area (Å²) < 4.78 is 0. The van der Waals surface area contributed by atoms with Crippen LogP contribution in [0.25, 0.3) is 5.57 Å². The molecule has 122 valence electrons. The average Bonchev–Trinajstić information content (AvgIpc) is 3.04. The van der Waals surface area contributed by atoms with Gasteiger partial charge < -0.3 is 0 Å². The molecule has 1 aromatic rings. The fourth-order valence-electron chi connectivity index (χ4n) is 2.86. The fraction of sp³-hybridized carbons (Fsp3) is 0.381. The Balaban J connectivity index is 2.14. The van der Waals surface area contributed by atoms with Gasteiger partial charge in [-0.3, -0.25) is 9.89 Å².